The molecule has 0 amide bonds. The SMILES string of the molecule is CC[Si](CC)(CC)OOC(C)(C)C[C@]1(C)CCO[C@@H]1O. The summed E-state index contributed by atoms with van der Waals surface area (Å²) >= 11 is 0. The summed E-state index contributed by atoms with van der Waals surface area (Å²) in [5.41, 5.74) is -0.664. The van der Waals surface area contributed by atoms with Gasteiger partial charge >= 0.3 is 0 Å². The molecule has 120 valence electrons. The lowest BCUT2D eigenvalue weighted by Gasteiger charge is -2.37. The second kappa shape index (κ2) is 6.88. The van der Waals surface area contributed by atoms with Crippen LogP contribution < -0.4 is 0 Å². The zero-order valence-electron chi connectivity index (χ0n) is 14.0. The lowest BCUT2D eigenvalue weighted by Crippen LogP contribution is -2.43. The van der Waals surface area contributed by atoms with E-state index in [1.807, 2.05) is 13.8 Å². The molecule has 1 fully saturated rings. The molecule has 0 aromatic carbocycles. The second-order valence-corrected chi connectivity index (χ2v) is 11.6. The normalized spacial score (nSPS) is 28.1. The topological polar surface area (TPSA) is 47.9 Å². The maximum absolute atomic E-state index is 9.97. The molecule has 1 heterocycles. The van der Waals surface area contributed by atoms with Crippen LogP contribution in [0.3, 0.4) is 0 Å². The Hall–Kier alpha value is 0.0569. The van der Waals surface area contributed by atoms with Gasteiger partial charge in [-0.25, -0.2) is 4.89 Å². The van der Waals surface area contributed by atoms with Gasteiger partial charge in [0, 0.05) is 5.41 Å². The molecule has 20 heavy (non-hydrogen) atoms. The molecule has 1 aliphatic rings. The third kappa shape index (κ3) is 4.27. The highest BCUT2D eigenvalue weighted by Crippen LogP contribution is 2.41. The molecule has 0 bridgehead atoms. The Labute approximate surface area is 124 Å². The van der Waals surface area contributed by atoms with E-state index < -0.39 is 20.2 Å². The summed E-state index contributed by atoms with van der Waals surface area (Å²) in [6.07, 6.45) is 0.887. The monoisotopic (exact) mass is 304 g/mol. The van der Waals surface area contributed by atoms with E-state index in [0.717, 1.165) is 31.0 Å². The fourth-order valence-corrected chi connectivity index (χ4v) is 5.29. The smallest absolute Gasteiger partial charge is 0.238 e. The van der Waals surface area contributed by atoms with Crippen LogP contribution in [0.4, 0.5) is 0 Å². The van der Waals surface area contributed by atoms with Crippen LogP contribution in [-0.2, 0) is 14.2 Å². The first-order valence-corrected chi connectivity index (χ1v) is 10.4. The van der Waals surface area contributed by atoms with Crippen molar-refractivity contribution in [2.24, 2.45) is 5.41 Å². The van der Waals surface area contributed by atoms with Crippen molar-refractivity contribution in [1.82, 2.24) is 0 Å². The Morgan fingerprint density at radius 3 is 2.20 bits per heavy atom. The van der Waals surface area contributed by atoms with Crippen LogP contribution in [-0.4, -0.2) is 31.9 Å². The standard InChI is InChI=1S/C15H32O4Si/c1-7-20(8-2,9-3)19-18-14(4,5)12-15(6)10-11-17-13(15)16/h13,16H,7-12H2,1-6H3/t13-,15-/m0/s1. The van der Waals surface area contributed by atoms with Gasteiger partial charge in [0.2, 0.25) is 8.32 Å². The van der Waals surface area contributed by atoms with Crippen molar-refractivity contribution in [1.29, 1.82) is 0 Å². The number of hydrogen-bond donors (Lipinski definition) is 1. The highest BCUT2D eigenvalue weighted by atomic mass is 28.4. The van der Waals surface area contributed by atoms with Gasteiger partial charge in [-0.3, -0.25) is 4.58 Å². The lowest BCUT2D eigenvalue weighted by atomic mass is 9.78. The van der Waals surface area contributed by atoms with Crippen molar-refractivity contribution in [3.05, 3.63) is 0 Å². The van der Waals surface area contributed by atoms with E-state index in [4.69, 9.17) is 14.2 Å². The number of hydrogen-bond acceptors (Lipinski definition) is 4. The minimum atomic E-state index is -1.74. The van der Waals surface area contributed by atoms with Gasteiger partial charge in [0.05, 0.1) is 12.2 Å². The zero-order chi connectivity index (χ0) is 15.4. The van der Waals surface area contributed by atoms with Crippen LogP contribution in [0.15, 0.2) is 0 Å². The van der Waals surface area contributed by atoms with Crippen LogP contribution in [0.2, 0.25) is 18.1 Å². The van der Waals surface area contributed by atoms with Gasteiger partial charge in [-0.05, 0) is 44.8 Å². The summed E-state index contributed by atoms with van der Waals surface area (Å²) in [4.78, 5) is 5.84. The van der Waals surface area contributed by atoms with E-state index in [0.29, 0.717) is 6.61 Å². The molecule has 2 atom stereocenters. The molecule has 1 rings (SSSR count). The van der Waals surface area contributed by atoms with Crippen LogP contribution in [0.5, 0.6) is 0 Å². The Balaban J connectivity index is 2.61. The molecule has 0 aromatic heterocycles. The highest BCUT2D eigenvalue weighted by Gasteiger charge is 2.44. The van der Waals surface area contributed by atoms with E-state index in [1.54, 1.807) is 0 Å². The average molecular weight is 305 g/mol. The summed E-state index contributed by atoms with van der Waals surface area (Å²) in [5.74, 6) is 0. The molecule has 0 saturated carbocycles. The first-order valence-electron chi connectivity index (χ1n) is 7.89. The zero-order valence-corrected chi connectivity index (χ0v) is 15.0. The number of aliphatic hydroxyl groups is 1. The molecule has 0 aliphatic carbocycles. The molecule has 1 saturated heterocycles. The first kappa shape index (κ1) is 18.1. The van der Waals surface area contributed by atoms with Crippen molar-refractivity contribution in [3.8, 4) is 0 Å². The molecule has 0 radical (unpaired) electrons. The predicted molar refractivity (Wildman–Crippen MR) is 82.7 cm³/mol. The molecule has 5 heteroatoms. The molecule has 0 aromatic rings. The Morgan fingerprint density at radius 1 is 1.25 bits per heavy atom. The van der Waals surface area contributed by atoms with E-state index in [1.165, 1.54) is 0 Å². The Bertz CT molecular complexity index is 296. The summed E-state index contributed by atoms with van der Waals surface area (Å²) in [6, 6.07) is 3.21. The van der Waals surface area contributed by atoms with Crippen LogP contribution >= 0.6 is 0 Å². The van der Waals surface area contributed by atoms with Gasteiger partial charge in [0.25, 0.3) is 0 Å². The van der Waals surface area contributed by atoms with Crippen molar-refractivity contribution in [3.63, 3.8) is 0 Å². The molecule has 4 nitrogen and oxygen atoms in total. The van der Waals surface area contributed by atoms with E-state index in [2.05, 4.69) is 27.7 Å². The fraction of sp³-hybridized carbons (Fsp3) is 1.00. The molecular weight excluding hydrogens is 272 g/mol. The van der Waals surface area contributed by atoms with Crippen molar-refractivity contribution < 1.29 is 19.3 Å². The Morgan fingerprint density at radius 2 is 1.80 bits per heavy atom. The minimum absolute atomic E-state index is 0.248. The van der Waals surface area contributed by atoms with Crippen LogP contribution in [0.1, 0.15) is 54.4 Å². The Kier molecular flexibility index (Phi) is 6.23. The number of ether oxygens (including phenoxy) is 1. The average Bonchev–Trinajstić information content (AvgIpc) is 2.71. The molecule has 0 spiro atoms. The third-order valence-electron chi connectivity index (χ3n) is 4.75. The lowest BCUT2D eigenvalue weighted by molar-refractivity contribution is -0.303. The molecule has 1 aliphatic heterocycles. The molecular formula is C15H32O4Si. The largest absolute Gasteiger partial charge is 0.367 e. The summed E-state index contributed by atoms with van der Waals surface area (Å²) in [6.45, 7) is 13.3. The number of rotatable bonds is 8. The maximum atomic E-state index is 9.97. The number of aliphatic hydroxyl groups excluding tert-OH is 1. The fourth-order valence-electron chi connectivity index (χ4n) is 3.03. The van der Waals surface area contributed by atoms with Crippen LogP contribution in [0, 0.1) is 5.41 Å². The van der Waals surface area contributed by atoms with Crippen molar-refractivity contribution >= 4 is 8.32 Å². The third-order valence-corrected chi connectivity index (χ3v) is 9.05. The van der Waals surface area contributed by atoms with Gasteiger partial charge in [-0.1, -0.05) is 27.7 Å². The summed E-state index contributed by atoms with van der Waals surface area (Å²) in [5, 5.41) is 9.97. The highest BCUT2D eigenvalue weighted by molar-refractivity contribution is 6.73. The van der Waals surface area contributed by atoms with E-state index in [9.17, 15) is 5.11 Å². The predicted octanol–water partition coefficient (Wildman–Crippen LogP) is 3.85. The summed E-state index contributed by atoms with van der Waals surface area (Å²) in [7, 11) is -1.74. The van der Waals surface area contributed by atoms with Gasteiger partial charge in [0.15, 0.2) is 6.29 Å². The van der Waals surface area contributed by atoms with Crippen molar-refractivity contribution in [2.45, 2.75) is 84.4 Å². The second-order valence-electron chi connectivity index (χ2n) is 6.97. The molecule has 1 N–H and O–H groups in total. The summed E-state index contributed by atoms with van der Waals surface area (Å²) < 4.78 is 11.2. The van der Waals surface area contributed by atoms with Gasteiger partial charge in [0.1, 0.15) is 0 Å². The quantitative estimate of drug-likeness (QED) is 0.420. The van der Waals surface area contributed by atoms with Crippen LogP contribution in [0.25, 0.3) is 0 Å². The van der Waals surface area contributed by atoms with Crippen molar-refractivity contribution in [2.75, 3.05) is 6.61 Å². The van der Waals surface area contributed by atoms with E-state index in [-0.39, 0.29) is 5.41 Å². The van der Waals surface area contributed by atoms with Gasteiger partial charge < -0.3 is 9.84 Å². The van der Waals surface area contributed by atoms with Gasteiger partial charge in [-0.2, -0.15) is 0 Å². The minimum Gasteiger partial charge on any atom is -0.367 e. The molecule has 0 unspecified atom stereocenters. The maximum Gasteiger partial charge on any atom is 0.238 e. The first-order chi connectivity index (χ1) is 9.22. The van der Waals surface area contributed by atoms with Gasteiger partial charge in [-0.15, -0.1) is 0 Å². The van der Waals surface area contributed by atoms with E-state index >= 15 is 0 Å².